The van der Waals surface area contributed by atoms with Crippen LogP contribution in [0.2, 0.25) is 0 Å². The van der Waals surface area contributed by atoms with Gasteiger partial charge in [-0.1, -0.05) is 0 Å². The number of fused-ring (bicyclic) bond motifs is 1. The van der Waals surface area contributed by atoms with Crippen LogP contribution in [0.1, 0.15) is 60.9 Å². The highest BCUT2D eigenvalue weighted by atomic mass is 19.1. The Hall–Kier alpha value is -3.05. The molecule has 0 bridgehead atoms. The summed E-state index contributed by atoms with van der Waals surface area (Å²) in [6.45, 7) is 6.29. The number of carboxylic acids is 1. The van der Waals surface area contributed by atoms with Gasteiger partial charge < -0.3 is 24.5 Å². The van der Waals surface area contributed by atoms with Gasteiger partial charge in [0.1, 0.15) is 23.3 Å². The molecule has 2 aliphatic rings. The van der Waals surface area contributed by atoms with E-state index in [2.05, 4.69) is 15.2 Å². The molecule has 0 aliphatic carbocycles. The molecule has 1 aromatic carbocycles. The molecule has 2 aromatic rings. The highest BCUT2D eigenvalue weighted by Gasteiger charge is 2.40. The molecule has 0 saturated carbocycles. The maximum absolute atomic E-state index is 14.6. The van der Waals surface area contributed by atoms with Crippen molar-refractivity contribution in [2.45, 2.75) is 64.1 Å². The number of rotatable bonds is 4. The summed E-state index contributed by atoms with van der Waals surface area (Å²) < 4.78 is 41.4. The number of aromatic nitrogens is 2. The molecule has 2 N–H and O–H groups in total. The van der Waals surface area contributed by atoms with Crippen molar-refractivity contribution in [3.8, 4) is 0 Å². The van der Waals surface area contributed by atoms with Crippen LogP contribution in [0.5, 0.6) is 0 Å². The first kappa shape index (κ1) is 24.1. The number of amides is 1. The molecule has 34 heavy (non-hydrogen) atoms. The number of carbonyl (C=O) groups excluding carboxylic acids is 1. The van der Waals surface area contributed by atoms with E-state index in [9.17, 15) is 23.5 Å². The molecule has 1 unspecified atom stereocenters. The molecule has 1 saturated heterocycles. The zero-order valence-corrected chi connectivity index (χ0v) is 19.5. The molecule has 2 aliphatic heterocycles. The van der Waals surface area contributed by atoms with E-state index in [1.165, 1.54) is 0 Å². The fourth-order valence-corrected chi connectivity index (χ4v) is 4.51. The van der Waals surface area contributed by atoms with E-state index in [0.717, 1.165) is 23.9 Å². The third-order valence-electron chi connectivity index (χ3n) is 6.04. The average molecular weight is 478 g/mol. The molecule has 3 heterocycles. The second-order valence-corrected chi connectivity index (χ2v) is 9.66. The maximum atomic E-state index is 14.6. The summed E-state index contributed by atoms with van der Waals surface area (Å²) in [5.74, 6) is -2.34. The van der Waals surface area contributed by atoms with Gasteiger partial charge in [-0.3, -0.25) is 4.90 Å². The number of aromatic carboxylic acids is 1. The highest BCUT2D eigenvalue weighted by molar-refractivity contribution is 5.83. The molecule has 184 valence electrons. The Morgan fingerprint density at radius 3 is 2.65 bits per heavy atom. The van der Waals surface area contributed by atoms with Crippen LogP contribution in [0.25, 0.3) is 0 Å². The Balaban J connectivity index is 1.54. The van der Waals surface area contributed by atoms with Crippen LogP contribution < -0.4 is 5.32 Å². The van der Waals surface area contributed by atoms with Crippen LogP contribution in [0.3, 0.4) is 0 Å². The van der Waals surface area contributed by atoms with Crippen molar-refractivity contribution in [2.75, 3.05) is 6.61 Å². The van der Waals surface area contributed by atoms with Gasteiger partial charge in [-0.05, 0) is 45.4 Å². The number of alkyl carbamates (subject to hydrolysis) is 1. The fraction of sp³-hybridized carbons (Fsp3) is 0.522. The summed E-state index contributed by atoms with van der Waals surface area (Å²) in [6.07, 6.45) is -1.19. The predicted octanol–water partition coefficient (Wildman–Crippen LogP) is 3.14. The Kier molecular flexibility index (Phi) is 6.34. The van der Waals surface area contributed by atoms with Gasteiger partial charge in [0.25, 0.3) is 0 Å². The molecule has 1 fully saturated rings. The van der Waals surface area contributed by atoms with Gasteiger partial charge in [-0.15, -0.1) is 0 Å². The zero-order chi connectivity index (χ0) is 24.8. The minimum absolute atomic E-state index is 0.0179. The van der Waals surface area contributed by atoms with E-state index in [1.807, 2.05) is 0 Å². The Morgan fingerprint density at radius 2 is 2.00 bits per heavy atom. The minimum atomic E-state index is -1.09. The second kappa shape index (κ2) is 8.95. The lowest BCUT2D eigenvalue weighted by molar-refractivity contribution is -0.0630. The number of carboxylic acid groups (broad SMARTS) is 1. The quantitative estimate of drug-likeness (QED) is 0.696. The second-order valence-electron chi connectivity index (χ2n) is 9.66. The van der Waals surface area contributed by atoms with Gasteiger partial charge >= 0.3 is 12.1 Å². The molecular formula is C23H28F2N4O5. The van der Waals surface area contributed by atoms with Crippen molar-refractivity contribution >= 4 is 12.1 Å². The number of carbonyl (C=O) groups is 2. The molecule has 1 aromatic heterocycles. The van der Waals surface area contributed by atoms with E-state index in [0.29, 0.717) is 25.2 Å². The Bertz CT molecular complexity index is 1110. The van der Waals surface area contributed by atoms with Crippen molar-refractivity contribution < 1.29 is 33.0 Å². The van der Waals surface area contributed by atoms with E-state index >= 15 is 0 Å². The summed E-state index contributed by atoms with van der Waals surface area (Å²) >= 11 is 0. The van der Waals surface area contributed by atoms with Gasteiger partial charge in [0.05, 0.1) is 24.0 Å². The molecule has 9 nitrogen and oxygen atoms in total. The number of ether oxygens (including phenoxy) is 2. The summed E-state index contributed by atoms with van der Waals surface area (Å²) in [6, 6.07) is 2.28. The molecule has 4 rings (SSSR count). The van der Waals surface area contributed by atoms with E-state index < -0.39 is 41.4 Å². The first-order chi connectivity index (χ1) is 15.9. The fourth-order valence-electron chi connectivity index (χ4n) is 4.51. The van der Waals surface area contributed by atoms with Crippen LogP contribution in [-0.2, 0) is 29.6 Å². The maximum Gasteiger partial charge on any atom is 0.407 e. The number of hydrogen-bond acceptors (Lipinski definition) is 6. The lowest BCUT2D eigenvalue weighted by Gasteiger charge is -2.40. The van der Waals surface area contributed by atoms with Crippen LogP contribution in [-0.4, -0.2) is 55.9 Å². The monoisotopic (exact) mass is 478 g/mol. The van der Waals surface area contributed by atoms with Crippen LogP contribution in [0.4, 0.5) is 13.6 Å². The van der Waals surface area contributed by atoms with Gasteiger partial charge in [0.15, 0.2) is 0 Å². The standard InChI is InChI=1S/C23H28F2N4O5/c1-23(2,3)34-22(32)27-16-8-13(11-33-19(16)14-7-12(24)5-6-15(14)25)29-9-17-18(10-29)28(4)20(26-17)21(30)31/h5-7,13,16,19H,8-11H2,1-4H3,(H,27,32)(H,30,31)/t13?,16-,19+/m0/s1. The first-order valence-electron chi connectivity index (χ1n) is 11.0. The summed E-state index contributed by atoms with van der Waals surface area (Å²) in [5, 5.41) is 12.1. The van der Waals surface area contributed by atoms with Gasteiger partial charge in [0, 0.05) is 31.7 Å². The largest absolute Gasteiger partial charge is 0.475 e. The number of nitrogens with zero attached hydrogens (tertiary/aromatic N) is 3. The molecule has 1 amide bonds. The molecule has 11 heteroatoms. The Morgan fingerprint density at radius 1 is 1.26 bits per heavy atom. The minimum Gasteiger partial charge on any atom is -0.475 e. The summed E-state index contributed by atoms with van der Waals surface area (Å²) in [7, 11) is 1.66. The van der Waals surface area contributed by atoms with E-state index in [-0.39, 0.29) is 24.0 Å². The van der Waals surface area contributed by atoms with Crippen molar-refractivity contribution in [3.05, 3.63) is 52.6 Å². The topological polar surface area (TPSA) is 106 Å². The zero-order valence-electron chi connectivity index (χ0n) is 19.5. The van der Waals surface area contributed by atoms with E-state index in [1.54, 1.807) is 32.4 Å². The van der Waals surface area contributed by atoms with Gasteiger partial charge in [0.2, 0.25) is 5.82 Å². The highest BCUT2D eigenvalue weighted by Crippen LogP contribution is 2.35. The van der Waals surface area contributed by atoms with Crippen molar-refractivity contribution in [2.24, 2.45) is 7.05 Å². The van der Waals surface area contributed by atoms with Crippen molar-refractivity contribution in [3.63, 3.8) is 0 Å². The molecule has 3 atom stereocenters. The van der Waals surface area contributed by atoms with E-state index in [4.69, 9.17) is 9.47 Å². The van der Waals surface area contributed by atoms with Crippen LogP contribution in [0, 0.1) is 11.6 Å². The van der Waals surface area contributed by atoms with Gasteiger partial charge in [-0.2, -0.15) is 0 Å². The summed E-state index contributed by atoms with van der Waals surface area (Å²) in [5.41, 5.74) is 0.766. The normalized spacial score (nSPS) is 22.9. The number of halogens is 2. The smallest absolute Gasteiger partial charge is 0.407 e. The number of benzene rings is 1. The SMILES string of the molecule is Cn1c(C(=O)O)nc2c1CN(C1CO[C@H](c3cc(F)ccc3F)[C@@H](NC(=O)OC(C)(C)C)C1)C2. The lowest BCUT2D eigenvalue weighted by Crippen LogP contribution is -2.52. The van der Waals surface area contributed by atoms with Crippen molar-refractivity contribution in [1.82, 2.24) is 19.8 Å². The lowest BCUT2D eigenvalue weighted by atomic mass is 9.92. The summed E-state index contributed by atoms with van der Waals surface area (Å²) in [4.78, 5) is 30.2. The number of hydrogen-bond donors (Lipinski definition) is 2. The van der Waals surface area contributed by atoms with Gasteiger partial charge in [-0.25, -0.2) is 23.4 Å². The third-order valence-corrected chi connectivity index (χ3v) is 6.04. The Labute approximate surface area is 195 Å². The van der Waals surface area contributed by atoms with Crippen LogP contribution in [0.15, 0.2) is 18.2 Å². The average Bonchev–Trinajstić information content (AvgIpc) is 3.28. The molecular weight excluding hydrogens is 450 g/mol. The molecule has 0 spiro atoms. The number of nitrogens with one attached hydrogen (secondary N) is 1. The van der Waals surface area contributed by atoms with Crippen LogP contribution >= 0.6 is 0 Å². The molecule has 0 radical (unpaired) electrons. The first-order valence-corrected chi connectivity index (χ1v) is 11.0. The predicted molar refractivity (Wildman–Crippen MR) is 116 cm³/mol. The third kappa shape index (κ3) is 4.90. The number of imidazole rings is 1. The van der Waals surface area contributed by atoms with Crippen molar-refractivity contribution in [1.29, 1.82) is 0 Å².